The topological polar surface area (TPSA) is 57.4 Å². The minimum atomic E-state index is 0.443. The van der Waals surface area contributed by atoms with Gasteiger partial charge in [0.05, 0.1) is 12.8 Å². The summed E-state index contributed by atoms with van der Waals surface area (Å²) in [5, 5.41) is 0. The van der Waals surface area contributed by atoms with Crippen molar-refractivity contribution in [3.63, 3.8) is 0 Å². The molecule has 1 aromatic carbocycles. The number of hydrogen-bond donors (Lipinski definition) is 1. The summed E-state index contributed by atoms with van der Waals surface area (Å²) in [5.74, 6) is 1.35. The van der Waals surface area contributed by atoms with E-state index in [0.29, 0.717) is 23.8 Å². The van der Waals surface area contributed by atoms with E-state index in [1.165, 1.54) is 0 Å². The molecule has 4 nitrogen and oxygen atoms in total. The van der Waals surface area contributed by atoms with Crippen molar-refractivity contribution >= 4 is 21.6 Å². The molecule has 5 heteroatoms. The van der Waals surface area contributed by atoms with Gasteiger partial charge in [0.2, 0.25) is 0 Å². The maximum atomic E-state index is 5.80. The number of nitrogens with two attached hydrogens (primary N) is 1. The maximum absolute atomic E-state index is 5.80. The van der Waals surface area contributed by atoms with Crippen molar-refractivity contribution in [2.24, 2.45) is 0 Å². The summed E-state index contributed by atoms with van der Waals surface area (Å²) in [4.78, 5) is 4.07. The van der Waals surface area contributed by atoms with Crippen molar-refractivity contribution in [2.45, 2.75) is 6.61 Å². The first-order valence-electron chi connectivity index (χ1n) is 5.35. The molecule has 0 saturated heterocycles. The number of hydrogen-bond acceptors (Lipinski definition) is 4. The van der Waals surface area contributed by atoms with Gasteiger partial charge in [-0.15, -0.1) is 0 Å². The highest BCUT2D eigenvalue weighted by atomic mass is 79.9. The Balaban J connectivity index is 2.04. The predicted octanol–water partition coefficient (Wildman–Crippen LogP) is 3.01. The molecule has 0 radical (unpaired) electrons. The van der Waals surface area contributed by atoms with Gasteiger partial charge in [0.1, 0.15) is 18.1 Å². The molecule has 0 spiro atoms. The molecule has 0 aliphatic rings. The smallest absolute Gasteiger partial charge is 0.142 e. The lowest BCUT2D eigenvalue weighted by Gasteiger charge is -2.09. The molecule has 2 N–H and O–H groups in total. The zero-order valence-electron chi connectivity index (χ0n) is 9.89. The molecule has 2 rings (SSSR count). The van der Waals surface area contributed by atoms with Gasteiger partial charge < -0.3 is 15.2 Å². The second-order valence-corrected chi connectivity index (χ2v) is 4.62. The first-order valence-corrected chi connectivity index (χ1v) is 6.14. The first-order chi connectivity index (χ1) is 8.69. The van der Waals surface area contributed by atoms with Crippen LogP contribution in [0.2, 0.25) is 0 Å². The molecule has 94 valence electrons. The molecule has 0 atom stereocenters. The minimum Gasteiger partial charge on any atom is -0.495 e. The van der Waals surface area contributed by atoms with Gasteiger partial charge in [-0.05, 0) is 34.1 Å². The zero-order valence-corrected chi connectivity index (χ0v) is 11.5. The van der Waals surface area contributed by atoms with Gasteiger partial charge in [-0.1, -0.05) is 0 Å². The third kappa shape index (κ3) is 3.13. The van der Waals surface area contributed by atoms with Crippen LogP contribution in [-0.4, -0.2) is 12.1 Å². The third-order valence-corrected chi connectivity index (χ3v) is 2.80. The largest absolute Gasteiger partial charge is 0.495 e. The fourth-order valence-electron chi connectivity index (χ4n) is 1.50. The lowest BCUT2D eigenvalue weighted by Crippen LogP contribution is -1.98. The van der Waals surface area contributed by atoms with Gasteiger partial charge in [-0.25, -0.2) is 0 Å². The van der Waals surface area contributed by atoms with Crippen LogP contribution in [0.15, 0.2) is 41.1 Å². The molecule has 0 aliphatic carbocycles. The van der Waals surface area contributed by atoms with E-state index in [2.05, 4.69) is 20.9 Å². The van der Waals surface area contributed by atoms with Crippen LogP contribution in [0.25, 0.3) is 0 Å². The Labute approximate surface area is 114 Å². The highest BCUT2D eigenvalue weighted by molar-refractivity contribution is 9.10. The third-order valence-electron chi connectivity index (χ3n) is 2.37. The minimum absolute atomic E-state index is 0.443. The molecule has 0 unspecified atom stereocenters. The molecule has 0 amide bonds. The number of nitrogen functional groups attached to an aromatic ring is 1. The molecule has 1 aromatic heterocycles. The number of ether oxygens (including phenoxy) is 2. The van der Waals surface area contributed by atoms with E-state index in [-0.39, 0.29) is 0 Å². The Bertz CT molecular complexity index is 546. The fourth-order valence-corrected chi connectivity index (χ4v) is 1.92. The number of pyridine rings is 1. The van der Waals surface area contributed by atoms with Crippen LogP contribution in [0.4, 0.5) is 5.69 Å². The van der Waals surface area contributed by atoms with Gasteiger partial charge in [-0.3, -0.25) is 4.98 Å². The number of benzene rings is 1. The number of halogens is 1. The molecule has 18 heavy (non-hydrogen) atoms. The van der Waals surface area contributed by atoms with E-state index >= 15 is 0 Å². The summed E-state index contributed by atoms with van der Waals surface area (Å²) in [6.45, 7) is 0.443. The fraction of sp³-hybridized carbons (Fsp3) is 0.154. The van der Waals surface area contributed by atoms with E-state index in [0.717, 1.165) is 10.0 Å². The molecule has 2 aromatic rings. The molecule has 1 heterocycles. The standard InChI is InChI=1S/C13H13BrN2O2/c1-17-13-3-2-11(5-12(13)15)18-8-9-4-10(14)7-16-6-9/h2-7H,8,15H2,1H3. The summed E-state index contributed by atoms with van der Waals surface area (Å²) in [6.07, 6.45) is 3.49. The predicted molar refractivity (Wildman–Crippen MR) is 73.7 cm³/mol. The Hall–Kier alpha value is -1.75. The van der Waals surface area contributed by atoms with Crippen LogP contribution in [0.3, 0.4) is 0 Å². The SMILES string of the molecule is COc1ccc(OCc2cncc(Br)c2)cc1N. The van der Waals surface area contributed by atoms with Crippen LogP contribution in [-0.2, 0) is 6.61 Å². The zero-order chi connectivity index (χ0) is 13.0. The highest BCUT2D eigenvalue weighted by Crippen LogP contribution is 2.26. The van der Waals surface area contributed by atoms with Gasteiger partial charge in [0, 0.05) is 28.5 Å². The summed E-state index contributed by atoms with van der Waals surface area (Å²) >= 11 is 3.36. The Morgan fingerprint density at radius 1 is 1.28 bits per heavy atom. The van der Waals surface area contributed by atoms with Gasteiger partial charge in [0.15, 0.2) is 0 Å². The number of rotatable bonds is 4. The van der Waals surface area contributed by atoms with E-state index in [4.69, 9.17) is 15.2 Å². The average molecular weight is 309 g/mol. The monoisotopic (exact) mass is 308 g/mol. The lowest BCUT2D eigenvalue weighted by atomic mass is 10.2. The molecular weight excluding hydrogens is 296 g/mol. The summed E-state index contributed by atoms with van der Waals surface area (Å²) in [5.41, 5.74) is 7.34. The molecule has 0 aliphatic heterocycles. The summed E-state index contributed by atoms with van der Waals surface area (Å²) in [6, 6.07) is 7.30. The molecule has 0 saturated carbocycles. The van der Waals surface area contributed by atoms with Gasteiger partial charge >= 0.3 is 0 Å². The average Bonchev–Trinajstić information content (AvgIpc) is 2.37. The number of methoxy groups -OCH3 is 1. The van der Waals surface area contributed by atoms with Crippen LogP contribution in [0, 0.1) is 0 Å². The number of aromatic nitrogens is 1. The van der Waals surface area contributed by atoms with Crippen LogP contribution >= 0.6 is 15.9 Å². The Morgan fingerprint density at radius 3 is 2.78 bits per heavy atom. The van der Waals surface area contributed by atoms with Crippen molar-refractivity contribution in [3.8, 4) is 11.5 Å². The van der Waals surface area contributed by atoms with E-state index in [1.807, 2.05) is 12.1 Å². The van der Waals surface area contributed by atoms with Crippen molar-refractivity contribution in [1.29, 1.82) is 0 Å². The number of nitrogens with zero attached hydrogens (tertiary/aromatic N) is 1. The van der Waals surface area contributed by atoms with E-state index in [1.54, 1.807) is 31.6 Å². The van der Waals surface area contributed by atoms with Crippen LogP contribution in [0.1, 0.15) is 5.56 Å². The Kier molecular flexibility index (Phi) is 4.04. The quantitative estimate of drug-likeness (QED) is 0.882. The number of anilines is 1. The van der Waals surface area contributed by atoms with E-state index in [9.17, 15) is 0 Å². The second kappa shape index (κ2) is 5.73. The normalized spacial score (nSPS) is 10.1. The van der Waals surface area contributed by atoms with Crippen LogP contribution < -0.4 is 15.2 Å². The van der Waals surface area contributed by atoms with Crippen molar-refractivity contribution in [1.82, 2.24) is 4.98 Å². The van der Waals surface area contributed by atoms with Crippen molar-refractivity contribution < 1.29 is 9.47 Å². The highest BCUT2D eigenvalue weighted by Gasteiger charge is 2.02. The van der Waals surface area contributed by atoms with E-state index < -0.39 is 0 Å². The van der Waals surface area contributed by atoms with Crippen LogP contribution in [0.5, 0.6) is 11.5 Å². The second-order valence-electron chi connectivity index (χ2n) is 3.70. The van der Waals surface area contributed by atoms with Crippen molar-refractivity contribution in [3.05, 3.63) is 46.7 Å². The molecular formula is C13H13BrN2O2. The first kappa shape index (κ1) is 12.7. The van der Waals surface area contributed by atoms with Gasteiger partial charge in [0.25, 0.3) is 0 Å². The maximum Gasteiger partial charge on any atom is 0.142 e. The summed E-state index contributed by atoms with van der Waals surface area (Å²) in [7, 11) is 1.58. The lowest BCUT2D eigenvalue weighted by molar-refractivity contribution is 0.305. The van der Waals surface area contributed by atoms with Crippen molar-refractivity contribution in [2.75, 3.05) is 12.8 Å². The molecule has 0 bridgehead atoms. The van der Waals surface area contributed by atoms with Gasteiger partial charge in [-0.2, -0.15) is 0 Å². The Morgan fingerprint density at radius 2 is 2.11 bits per heavy atom. The summed E-state index contributed by atoms with van der Waals surface area (Å²) < 4.78 is 11.6. The molecule has 0 fully saturated rings.